The van der Waals surface area contributed by atoms with Crippen LogP contribution in [0.2, 0.25) is 0 Å². The van der Waals surface area contributed by atoms with Crippen LogP contribution < -0.4 is 13.8 Å². The second-order valence-corrected chi connectivity index (χ2v) is 11.9. The molecule has 0 saturated carbocycles. The second-order valence-electron chi connectivity index (χ2n) is 10.1. The fraction of sp³-hybridized carbons (Fsp3) is 0.375. The Kier molecular flexibility index (Phi) is 11.0. The van der Waals surface area contributed by atoms with Gasteiger partial charge in [0, 0.05) is 36.6 Å². The fourth-order valence-corrected chi connectivity index (χ4v) is 6.30. The van der Waals surface area contributed by atoms with Gasteiger partial charge in [0.15, 0.2) is 17.3 Å². The molecule has 0 aliphatic rings. The number of benzene rings is 2. The molecule has 0 unspecified atom stereocenters. The molecule has 0 saturated heterocycles. The van der Waals surface area contributed by atoms with Crippen molar-refractivity contribution in [3.05, 3.63) is 82.4 Å². The van der Waals surface area contributed by atoms with E-state index in [0.29, 0.717) is 40.6 Å². The van der Waals surface area contributed by atoms with Gasteiger partial charge in [0.2, 0.25) is 0 Å². The lowest BCUT2D eigenvalue weighted by Crippen LogP contribution is -2.34. The molecule has 0 aliphatic heterocycles. The second kappa shape index (κ2) is 14.7. The molecule has 11 nitrogen and oxygen atoms in total. The van der Waals surface area contributed by atoms with Crippen LogP contribution in [0.1, 0.15) is 40.8 Å². The molecule has 4 aromatic rings. The van der Waals surface area contributed by atoms with E-state index in [1.807, 2.05) is 45.0 Å². The Labute approximate surface area is 258 Å². The summed E-state index contributed by atoms with van der Waals surface area (Å²) in [7, 11) is -1.14. The first-order chi connectivity index (χ1) is 21.1. The summed E-state index contributed by atoms with van der Waals surface area (Å²) in [5.41, 5.74) is 5.05. The van der Waals surface area contributed by atoms with Crippen LogP contribution in [0.5, 0.6) is 11.5 Å². The summed E-state index contributed by atoms with van der Waals surface area (Å²) >= 11 is 0. The maximum Gasteiger partial charge on any atom is 0.268 e. The van der Waals surface area contributed by atoms with Crippen molar-refractivity contribution in [3.63, 3.8) is 0 Å². The van der Waals surface area contributed by atoms with Gasteiger partial charge in [0.25, 0.3) is 10.0 Å². The number of ether oxygens (including phenoxy) is 5. The van der Waals surface area contributed by atoms with Crippen molar-refractivity contribution in [3.8, 4) is 22.6 Å². The van der Waals surface area contributed by atoms with E-state index >= 15 is 0 Å². The van der Waals surface area contributed by atoms with Crippen molar-refractivity contribution >= 4 is 15.8 Å². The number of hydrogen-bond acceptors (Lipinski definition) is 10. The molecular formula is C32H39N3O8S. The number of aromatic nitrogens is 2. The zero-order valence-electron chi connectivity index (χ0n) is 26.2. The molecule has 2 aromatic carbocycles. The summed E-state index contributed by atoms with van der Waals surface area (Å²) in [5, 5.41) is 4.03. The van der Waals surface area contributed by atoms with Crippen LogP contribution in [0, 0.1) is 27.7 Å². The average molecular weight is 626 g/mol. The number of nitrogens with zero attached hydrogens (tertiary/aromatic N) is 3. The van der Waals surface area contributed by atoms with Gasteiger partial charge in [-0.1, -0.05) is 35.5 Å². The Bertz CT molecular complexity index is 1690. The summed E-state index contributed by atoms with van der Waals surface area (Å²) in [6.07, 6.45) is 0. The third-order valence-corrected chi connectivity index (χ3v) is 8.76. The van der Waals surface area contributed by atoms with Gasteiger partial charge >= 0.3 is 0 Å². The number of anilines is 1. The lowest BCUT2D eigenvalue weighted by molar-refractivity contribution is -0.0266. The largest absolute Gasteiger partial charge is 0.491 e. The van der Waals surface area contributed by atoms with Crippen molar-refractivity contribution in [2.45, 2.75) is 52.7 Å². The molecule has 12 heteroatoms. The van der Waals surface area contributed by atoms with Crippen molar-refractivity contribution in [1.82, 2.24) is 10.1 Å². The Morgan fingerprint density at radius 1 is 0.932 bits per heavy atom. The molecule has 44 heavy (non-hydrogen) atoms. The number of methoxy groups -OCH3 is 2. The van der Waals surface area contributed by atoms with E-state index in [0.717, 1.165) is 26.8 Å². The van der Waals surface area contributed by atoms with Gasteiger partial charge in [-0.05, 0) is 63.4 Å². The minimum Gasteiger partial charge on any atom is -0.491 e. The van der Waals surface area contributed by atoms with E-state index in [1.165, 1.54) is 7.11 Å². The minimum atomic E-state index is -4.19. The van der Waals surface area contributed by atoms with Gasteiger partial charge < -0.3 is 28.2 Å². The number of pyridine rings is 1. The van der Waals surface area contributed by atoms with E-state index < -0.39 is 10.0 Å². The van der Waals surface area contributed by atoms with Crippen molar-refractivity contribution in [1.29, 1.82) is 0 Å². The summed E-state index contributed by atoms with van der Waals surface area (Å²) in [5.74, 6) is 1.83. The maximum atomic E-state index is 14.3. The zero-order valence-corrected chi connectivity index (χ0v) is 27.0. The predicted molar refractivity (Wildman–Crippen MR) is 165 cm³/mol. The summed E-state index contributed by atoms with van der Waals surface area (Å²) < 4.78 is 63.0. The van der Waals surface area contributed by atoms with Crippen LogP contribution in [-0.2, 0) is 37.4 Å². The Hall–Kier alpha value is -3.97. The summed E-state index contributed by atoms with van der Waals surface area (Å²) in [4.78, 5) is 4.52. The van der Waals surface area contributed by atoms with Gasteiger partial charge in [-0.3, -0.25) is 4.98 Å². The SMILES string of the molecule is CCOCc1cc(COc2cc(C)nc(C)c2OC)ccc1-c1ccccc1S(=O)(=O)N(COCOC)c1noc(C)c1C. The van der Waals surface area contributed by atoms with Gasteiger partial charge in [-0.2, -0.15) is 0 Å². The monoisotopic (exact) mass is 625 g/mol. The molecule has 0 bridgehead atoms. The molecule has 2 aromatic heterocycles. The van der Waals surface area contributed by atoms with Crippen LogP contribution in [0.4, 0.5) is 5.82 Å². The predicted octanol–water partition coefficient (Wildman–Crippen LogP) is 5.87. The van der Waals surface area contributed by atoms with Crippen LogP contribution >= 0.6 is 0 Å². The Morgan fingerprint density at radius 3 is 2.39 bits per heavy atom. The summed E-state index contributed by atoms with van der Waals surface area (Å²) in [6, 6.07) is 14.4. The molecule has 0 amide bonds. The highest BCUT2D eigenvalue weighted by atomic mass is 32.2. The van der Waals surface area contributed by atoms with Gasteiger partial charge in [-0.15, -0.1) is 0 Å². The van der Waals surface area contributed by atoms with Crippen molar-refractivity contribution in [2.75, 3.05) is 38.7 Å². The fourth-order valence-electron chi connectivity index (χ4n) is 4.75. The van der Waals surface area contributed by atoms with Crippen LogP contribution in [0.15, 0.2) is 57.9 Å². The number of aryl methyl sites for hydroxylation is 3. The highest BCUT2D eigenvalue weighted by Gasteiger charge is 2.32. The molecule has 236 valence electrons. The first kappa shape index (κ1) is 32.9. The maximum absolute atomic E-state index is 14.3. The number of sulfonamides is 1. The first-order valence-electron chi connectivity index (χ1n) is 14.1. The normalized spacial score (nSPS) is 11.5. The molecule has 0 spiro atoms. The van der Waals surface area contributed by atoms with Gasteiger partial charge in [0.05, 0.1) is 24.3 Å². The molecule has 0 aliphatic carbocycles. The molecule has 4 rings (SSSR count). The topological polar surface area (TPSA) is 122 Å². The lowest BCUT2D eigenvalue weighted by Gasteiger charge is -2.24. The van der Waals surface area contributed by atoms with E-state index in [4.69, 9.17) is 28.2 Å². The lowest BCUT2D eigenvalue weighted by atomic mass is 9.98. The molecule has 0 N–H and O–H groups in total. The molecule has 0 radical (unpaired) electrons. The summed E-state index contributed by atoms with van der Waals surface area (Å²) in [6.45, 7) is 9.74. The molecule has 0 fully saturated rings. The first-order valence-corrected chi connectivity index (χ1v) is 15.5. The van der Waals surface area contributed by atoms with Crippen LogP contribution in [0.3, 0.4) is 0 Å². The number of hydrogen-bond donors (Lipinski definition) is 0. The third kappa shape index (κ3) is 7.21. The standard InChI is InChI=1S/C32H39N3O8S/c1-8-40-18-26-16-25(17-42-29-15-21(2)33-23(4)31(29)39-7)13-14-27(26)28-11-9-10-12-30(28)44(36,37)35(19-41-20-38-6)32-22(3)24(5)43-34-32/h9-16H,8,17-20H2,1-7H3. The highest BCUT2D eigenvalue weighted by molar-refractivity contribution is 7.93. The van der Waals surface area contributed by atoms with E-state index in [2.05, 4.69) is 10.1 Å². The highest BCUT2D eigenvalue weighted by Crippen LogP contribution is 2.36. The van der Waals surface area contributed by atoms with Gasteiger partial charge in [-0.25, -0.2) is 12.7 Å². The molecular weight excluding hydrogens is 586 g/mol. The zero-order chi connectivity index (χ0) is 31.9. The molecule has 0 atom stereocenters. The van der Waals surface area contributed by atoms with Crippen molar-refractivity contribution < 1.29 is 36.6 Å². The van der Waals surface area contributed by atoms with Crippen LogP contribution in [-0.4, -0.2) is 52.9 Å². The van der Waals surface area contributed by atoms with E-state index in [1.54, 1.807) is 45.2 Å². The van der Waals surface area contributed by atoms with E-state index in [9.17, 15) is 8.42 Å². The molecule has 2 heterocycles. The average Bonchev–Trinajstić information content (AvgIpc) is 3.33. The minimum absolute atomic E-state index is 0.0790. The number of rotatable bonds is 15. The smallest absolute Gasteiger partial charge is 0.268 e. The van der Waals surface area contributed by atoms with Crippen LogP contribution in [0.25, 0.3) is 11.1 Å². The Morgan fingerprint density at radius 2 is 1.70 bits per heavy atom. The quantitative estimate of drug-likeness (QED) is 0.117. The Balaban J connectivity index is 1.75. The van der Waals surface area contributed by atoms with Gasteiger partial charge in [0.1, 0.15) is 25.9 Å². The van der Waals surface area contributed by atoms with Crippen molar-refractivity contribution in [2.24, 2.45) is 0 Å². The van der Waals surface area contributed by atoms with E-state index in [-0.39, 0.29) is 37.5 Å². The third-order valence-electron chi connectivity index (χ3n) is 6.99.